The van der Waals surface area contributed by atoms with E-state index in [4.69, 9.17) is 0 Å². The molecule has 1 aliphatic rings. The highest BCUT2D eigenvalue weighted by molar-refractivity contribution is 8.01. The molecule has 0 N–H and O–H groups in total. The monoisotopic (exact) mass is 377 g/mol. The zero-order valence-electron chi connectivity index (χ0n) is 14.1. The fourth-order valence-electron chi connectivity index (χ4n) is 2.75. The summed E-state index contributed by atoms with van der Waals surface area (Å²) < 4.78 is 0.754. The molecule has 8 heteroatoms. The van der Waals surface area contributed by atoms with Gasteiger partial charge in [0.2, 0.25) is 0 Å². The predicted octanol–water partition coefficient (Wildman–Crippen LogP) is 4.38. The molecular weight excluding hydrogens is 358 g/mol. The zero-order valence-corrected chi connectivity index (χ0v) is 15.7. The Kier molecular flexibility index (Phi) is 5.39. The molecule has 0 atom stereocenters. The minimum atomic E-state index is -0.433. The first-order chi connectivity index (χ1) is 11.9. The summed E-state index contributed by atoms with van der Waals surface area (Å²) >= 11 is 2.71. The van der Waals surface area contributed by atoms with Gasteiger partial charge < -0.3 is 4.90 Å². The van der Waals surface area contributed by atoms with E-state index >= 15 is 0 Å². The van der Waals surface area contributed by atoms with Gasteiger partial charge in [-0.3, -0.25) is 14.9 Å². The molecule has 1 amide bonds. The van der Waals surface area contributed by atoms with E-state index in [0.717, 1.165) is 22.9 Å². The van der Waals surface area contributed by atoms with Gasteiger partial charge in [0.1, 0.15) is 0 Å². The average molecular weight is 377 g/mol. The number of aromatic nitrogens is 1. The van der Waals surface area contributed by atoms with Gasteiger partial charge in [0, 0.05) is 35.8 Å². The summed E-state index contributed by atoms with van der Waals surface area (Å²) in [4.78, 5) is 30.3. The van der Waals surface area contributed by atoms with Gasteiger partial charge in [-0.1, -0.05) is 18.7 Å². The lowest BCUT2D eigenvalue weighted by Gasteiger charge is -2.30. The van der Waals surface area contributed by atoms with Crippen molar-refractivity contribution in [2.75, 3.05) is 13.1 Å². The molecule has 0 unspecified atom stereocenters. The van der Waals surface area contributed by atoms with E-state index in [9.17, 15) is 14.9 Å². The number of nitro benzene ring substituents is 1. The summed E-state index contributed by atoms with van der Waals surface area (Å²) in [6.45, 7) is 5.49. The molecule has 132 valence electrons. The smallest absolute Gasteiger partial charge is 0.284 e. The van der Waals surface area contributed by atoms with Gasteiger partial charge in [0.25, 0.3) is 11.6 Å². The molecule has 1 saturated heterocycles. The Balaban J connectivity index is 1.83. The Hall–Kier alpha value is -1.93. The molecule has 0 spiro atoms. The second kappa shape index (κ2) is 7.53. The van der Waals surface area contributed by atoms with Crippen LogP contribution in [0.15, 0.2) is 32.8 Å². The minimum absolute atomic E-state index is 0.0471. The van der Waals surface area contributed by atoms with Crippen LogP contribution in [0.25, 0.3) is 0 Å². The molecule has 1 aliphatic heterocycles. The molecule has 2 aromatic rings. The first-order valence-corrected chi connectivity index (χ1v) is 9.81. The van der Waals surface area contributed by atoms with E-state index in [0.29, 0.717) is 29.5 Å². The molecule has 25 heavy (non-hydrogen) atoms. The lowest BCUT2D eigenvalue weighted by atomic mass is 9.98. The first-order valence-electron chi connectivity index (χ1n) is 8.11. The Bertz CT molecular complexity index is 798. The number of nitro groups is 1. The van der Waals surface area contributed by atoms with Crippen molar-refractivity contribution in [2.45, 2.75) is 35.9 Å². The van der Waals surface area contributed by atoms with Crippen molar-refractivity contribution in [2.24, 2.45) is 5.92 Å². The van der Waals surface area contributed by atoms with Gasteiger partial charge in [-0.25, -0.2) is 4.98 Å². The van der Waals surface area contributed by atoms with E-state index < -0.39 is 4.92 Å². The van der Waals surface area contributed by atoms with Crippen molar-refractivity contribution in [3.63, 3.8) is 0 Å². The quantitative estimate of drug-likeness (QED) is 0.584. The van der Waals surface area contributed by atoms with Crippen molar-refractivity contribution >= 4 is 34.7 Å². The number of rotatable bonds is 4. The number of thiazole rings is 1. The third-order valence-electron chi connectivity index (χ3n) is 4.27. The first kappa shape index (κ1) is 17.9. The van der Waals surface area contributed by atoms with Crippen LogP contribution in [0.2, 0.25) is 0 Å². The number of carbonyl (C=O) groups excluding carboxylic acids is 1. The van der Waals surface area contributed by atoms with Crippen molar-refractivity contribution < 1.29 is 9.72 Å². The van der Waals surface area contributed by atoms with Crippen LogP contribution in [-0.2, 0) is 0 Å². The van der Waals surface area contributed by atoms with Crippen LogP contribution in [0.4, 0.5) is 5.69 Å². The molecule has 2 heterocycles. The number of likely N-dealkylation sites (tertiary alicyclic amines) is 1. The van der Waals surface area contributed by atoms with E-state index in [1.165, 1.54) is 29.2 Å². The largest absolute Gasteiger partial charge is 0.339 e. The normalized spacial score (nSPS) is 15.4. The third kappa shape index (κ3) is 4.19. The lowest BCUT2D eigenvalue weighted by molar-refractivity contribution is -0.387. The van der Waals surface area contributed by atoms with Crippen molar-refractivity contribution in [1.82, 2.24) is 9.88 Å². The predicted molar refractivity (Wildman–Crippen MR) is 98.4 cm³/mol. The van der Waals surface area contributed by atoms with Gasteiger partial charge in [-0.2, -0.15) is 0 Å². The topological polar surface area (TPSA) is 76.3 Å². The Morgan fingerprint density at radius 3 is 2.72 bits per heavy atom. The average Bonchev–Trinajstić information content (AvgIpc) is 3.00. The van der Waals surface area contributed by atoms with Gasteiger partial charge in [0.15, 0.2) is 4.34 Å². The molecule has 0 aliphatic carbocycles. The second-order valence-corrected chi connectivity index (χ2v) is 8.42. The van der Waals surface area contributed by atoms with Gasteiger partial charge in [-0.05, 0) is 37.8 Å². The van der Waals surface area contributed by atoms with Crippen LogP contribution in [0.5, 0.6) is 0 Å². The molecule has 3 rings (SSSR count). The van der Waals surface area contributed by atoms with Crippen LogP contribution in [0.3, 0.4) is 0 Å². The molecule has 0 saturated carbocycles. The molecule has 1 fully saturated rings. The van der Waals surface area contributed by atoms with Crippen LogP contribution >= 0.6 is 23.1 Å². The molecular formula is C17H19N3O3S2. The van der Waals surface area contributed by atoms with E-state index in [1.807, 2.05) is 12.3 Å². The highest BCUT2D eigenvalue weighted by Crippen LogP contribution is 2.37. The fourth-order valence-corrected chi connectivity index (χ4v) is 4.63. The molecule has 6 nitrogen and oxygen atoms in total. The summed E-state index contributed by atoms with van der Waals surface area (Å²) in [5, 5.41) is 13.4. The van der Waals surface area contributed by atoms with Gasteiger partial charge in [-0.15, -0.1) is 11.3 Å². The van der Waals surface area contributed by atoms with Gasteiger partial charge >= 0.3 is 0 Å². The number of benzene rings is 1. The Morgan fingerprint density at radius 2 is 2.12 bits per heavy atom. The van der Waals surface area contributed by atoms with Crippen LogP contribution in [0.1, 0.15) is 35.8 Å². The lowest BCUT2D eigenvalue weighted by Crippen LogP contribution is -2.37. The number of hydrogen-bond acceptors (Lipinski definition) is 6. The fraction of sp³-hybridized carbons (Fsp3) is 0.412. The summed E-state index contributed by atoms with van der Waals surface area (Å²) in [7, 11) is 0. The maximum atomic E-state index is 12.6. The maximum absolute atomic E-state index is 12.6. The maximum Gasteiger partial charge on any atom is 0.284 e. The van der Waals surface area contributed by atoms with Gasteiger partial charge in [0.05, 0.1) is 9.82 Å². The van der Waals surface area contributed by atoms with Crippen molar-refractivity contribution in [1.29, 1.82) is 0 Å². The van der Waals surface area contributed by atoms with Crippen LogP contribution < -0.4 is 0 Å². The SMILES string of the molecule is Cc1csc(Sc2ccc(C(=O)N3CCC(C)CC3)cc2[N+](=O)[O-])n1. The number of carbonyl (C=O) groups is 1. The summed E-state index contributed by atoms with van der Waals surface area (Å²) in [6.07, 6.45) is 1.95. The van der Waals surface area contributed by atoms with E-state index in [-0.39, 0.29) is 11.6 Å². The molecule has 1 aromatic carbocycles. The van der Waals surface area contributed by atoms with Crippen molar-refractivity contribution in [3.05, 3.63) is 45.0 Å². The number of aryl methyl sites for hydroxylation is 1. The third-order valence-corrected chi connectivity index (χ3v) is 6.39. The van der Waals surface area contributed by atoms with E-state index in [1.54, 1.807) is 17.0 Å². The second-order valence-electron chi connectivity index (χ2n) is 6.27. The molecule has 0 radical (unpaired) electrons. The highest BCUT2D eigenvalue weighted by atomic mass is 32.2. The van der Waals surface area contributed by atoms with Crippen LogP contribution in [0, 0.1) is 23.0 Å². The number of nitrogens with zero attached hydrogens (tertiary/aromatic N) is 3. The summed E-state index contributed by atoms with van der Waals surface area (Å²) in [5.41, 5.74) is 1.22. The summed E-state index contributed by atoms with van der Waals surface area (Å²) in [6, 6.07) is 4.72. The molecule has 0 bridgehead atoms. The summed E-state index contributed by atoms with van der Waals surface area (Å²) in [5.74, 6) is 0.496. The van der Waals surface area contributed by atoms with E-state index in [2.05, 4.69) is 11.9 Å². The van der Waals surface area contributed by atoms with Crippen molar-refractivity contribution in [3.8, 4) is 0 Å². The zero-order chi connectivity index (χ0) is 18.0. The highest BCUT2D eigenvalue weighted by Gasteiger charge is 2.24. The minimum Gasteiger partial charge on any atom is -0.339 e. The Labute approximate surface area is 154 Å². The number of hydrogen-bond donors (Lipinski definition) is 0. The number of amides is 1. The number of piperidine rings is 1. The Morgan fingerprint density at radius 1 is 1.40 bits per heavy atom. The molecule has 1 aromatic heterocycles. The standard InChI is InChI=1S/C17H19N3O3S2/c1-11-5-7-19(8-6-11)16(21)13-3-4-15(14(9-13)20(22)23)25-17-18-12(2)10-24-17/h3-4,9-11H,5-8H2,1-2H3. The van der Waals surface area contributed by atoms with Crippen LogP contribution in [-0.4, -0.2) is 33.8 Å².